The number of nitrogens with one attached hydrogen (secondary N) is 1. The normalized spacial score (nSPS) is 12.3. The van der Waals surface area contributed by atoms with E-state index in [1.807, 2.05) is 43.3 Å². The molecule has 0 aliphatic rings. The summed E-state index contributed by atoms with van der Waals surface area (Å²) in [6, 6.07) is 18.2. The lowest BCUT2D eigenvalue weighted by Gasteiger charge is -2.19. The van der Waals surface area contributed by atoms with Gasteiger partial charge in [-0.2, -0.15) is 0 Å². The maximum atomic E-state index is 6.14. The van der Waals surface area contributed by atoms with Gasteiger partial charge in [-0.15, -0.1) is 0 Å². The molecule has 0 unspecified atom stereocenters. The molecule has 22 heavy (non-hydrogen) atoms. The number of nitrogens with zero attached hydrogens (tertiary/aromatic N) is 1. The molecule has 0 fully saturated rings. The molecule has 0 aliphatic carbocycles. The molecule has 0 saturated carbocycles. The van der Waals surface area contributed by atoms with Gasteiger partial charge in [-0.05, 0) is 30.2 Å². The van der Waals surface area contributed by atoms with Crippen LogP contribution >= 0.6 is 11.6 Å². The molecule has 1 N–H and O–H groups in total. The van der Waals surface area contributed by atoms with Crippen LogP contribution in [0.15, 0.2) is 65.2 Å². The minimum atomic E-state index is 0.0344. The third-order valence-electron chi connectivity index (χ3n) is 3.44. The second-order valence-electron chi connectivity index (χ2n) is 5.14. The molecule has 1 heterocycles. The predicted molar refractivity (Wildman–Crippen MR) is 87.8 cm³/mol. The van der Waals surface area contributed by atoms with E-state index in [0.29, 0.717) is 12.4 Å². The average molecular weight is 313 g/mol. The fourth-order valence-electron chi connectivity index (χ4n) is 2.43. The average Bonchev–Trinajstić information content (AvgIpc) is 2.94. The molecule has 0 saturated heterocycles. The van der Waals surface area contributed by atoms with Crippen molar-refractivity contribution in [3.05, 3.63) is 88.6 Å². The van der Waals surface area contributed by atoms with Gasteiger partial charge in [0.15, 0.2) is 0 Å². The van der Waals surface area contributed by atoms with Crippen LogP contribution in [-0.2, 0) is 6.54 Å². The number of benzene rings is 2. The van der Waals surface area contributed by atoms with Gasteiger partial charge in [-0.1, -0.05) is 54.1 Å². The summed E-state index contributed by atoms with van der Waals surface area (Å²) in [5, 5.41) is 4.22. The van der Waals surface area contributed by atoms with Gasteiger partial charge in [-0.25, -0.2) is 4.98 Å². The molecule has 0 bridgehead atoms. The first-order valence-electron chi connectivity index (χ1n) is 7.17. The van der Waals surface area contributed by atoms with E-state index < -0.39 is 0 Å². The van der Waals surface area contributed by atoms with Gasteiger partial charge in [0.25, 0.3) is 0 Å². The molecule has 3 aromatic rings. The summed E-state index contributed by atoms with van der Waals surface area (Å²) in [5.74, 6) is 1.50. The van der Waals surface area contributed by atoms with Crippen molar-refractivity contribution in [1.82, 2.24) is 10.3 Å². The van der Waals surface area contributed by atoms with Gasteiger partial charge < -0.3 is 4.42 Å². The zero-order valence-corrected chi connectivity index (χ0v) is 13.0. The molecular formula is C18H17ClN2O. The van der Waals surface area contributed by atoms with Crippen molar-refractivity contribution < 1.29 is 4.42 Å². The quantitative estimate of drug-likeness (QED) is 0.753. The van der Waals surface area contributed by atoms with Gasteiger partial charge in [0, 0.05) is 5.02 Å². The minimum Gasteiger partial charge on any atom is -0.445 e. The maximum absolute atomic E-state index is 6.14. The van der Waals surface area contributed by atoms with Gasteiger partial charge in [0.05, 0.1) is 18.8 Å². The number of hydrogen-bond donors (Lipinski definition) is 1. The van der Waals surface area contributed by atoms with Crippen molar-refractivity contribution in [3.8, 4) is 0 Å². The summed E-state index contributed by atoms with van der Waals surface area (Å²) in [6.45, 7) is 2.45. The van der Waals surface area contributed by atoms with Crippen molar-refractivity contribution in [3.63, 3.8) is 0 Å². The highest BCUT2D eigenvalue weighted by Gasteiger charge is 2.15. The third-order valence-corrected chi connectivity index (χ3v) is 3.68. The largest absolute Gasteiger partial charge is 0.445 e. The van der Waals surface area contributed by atoms with E-state index in [4.69, 9.17) is 16.0 Å². The Morgan fingerprint density at radius 2 is 1.86 bits per heavy atom. The number of rotatable bonds is 5. The van der Waals surface area contributed by atoms with E-state index in [0.717, 1.165) is 16.3 Å². The van der Waals surface area contributed by atoms with Crippen LogP contribution in [0, 0.1) is 6.92 Å². The third kappa shape index (κ3) is 3.56. The Hall–Kier alpha value is -2.10. The van der Waals surface area contributed by atoms with Crippen molar-refractivity contribution >= 4 is 11.6 Å². The predicted octanol–water partition coefficient (Wildman–Crippen LogP) is 4.52. The molecule has 2 aromatic carbocycles. The minimum absolute atomic E-state index is 0.0344. The second kappa shape index (κ2) is 6.77. The Morgan fingerprint density at radius 3 is 2.55 bits per heavy atom. The van der Waals surface area contributed by atoms with Gasteiger partial charge in [0.2, 0.25) is 5.89 Å². The fraction of sp³-hybridized carbons (Fsp3) is 0.167. The summed E-state index contributed by atoms with van der Waals surface area (Å²) in [7, 11) is 0. The number of aryl methyl sites for hydroxylation is 1. The highest BCUT2D eigenvalue weighted by molar-refractivity contribution is 6.30. The zero-order chi connectivity index (χ0) is 15.4. The molecule has 3 nitrogen and oxygen atoms in total. The van der Waals surface area contributed by atoms with Crippen molar-refractivity contribution in [1.29, 1.82) is 0 Å². The molecule has 0 radical (unpaired) electrons. The monoisotopic (exact) mass is 312 g/mol. The van der Waals surface area contributed by atoms with E-state index in [2.05, 4.69) is 28.5 Å². The smallest absolute Gasteiger partial charge is 0.208 e. The van der Waals surface area contributed by atoms with Crippen LogP contribution < -0.4 is 5.32 Å². The first-order chi connectivity index (χ1) is 10.7. The van der Waals surface area contributed by atoms with Gasteiger partial charge >= 0.3 is 0 Å². The second-order valence-corrected chi connectivity index (χ2v) is 5.58. The molecule has 4 heteroatoms. The molecular weight excluding hydrogens is 296 g/mol. The van der Waals surface area contributed by atoms with Gasteiger partial charge in [0.1, 0.15) is 5.76 Å². The van der Waals surface area contributed by atoms with Crippen molar-refractivity contribution in [2.24, 2.45) is 0 Å². The number of aromatic nitrogens is 1. The van der Waals surface area contributed by atoms with E-state index >= 15 is 0 Å². The van der Waals surface area contributed by atoms with E-state index in [-0.39, 0.29) is 6.04 Å². The zero-order valence-electron chi connectivity index (χ0n) is 12.3. The molecule has 1 aromatic heterocycles. The first kappa shape index (κ1) is 14.8. The van der Waals surface area contributed by atoms with Crippen LogP contribution in [0.3, 0.4) is 0 Å². The van der Waals surface area contributed by atoms with Crippen LogP contribution in [0.1, 0.15) is 28.8 Å². The maximum Gasteiger partial charge on any atom is 0.208 e. The Bertz CT molecular complexity index is 740. The van der Waals surface area contributed by atoms with Crippen LogP contribution in [0.25, 0.3) is 0 Å². The topological polar surface area (TPSA) is 38.1 Å². The molecule has 0 amide bonds. The van der Waals surface area contributed by atoms with Crippen LogP contribution in [0.4, 0.5) is 0 Å². The van der Waals surface area contributed by atoms with Crippen molar-refractivity contribution in [2.45, 2.75) is 19.5 Å². The summed E-state index contributed by atoms with van der Waals surface area (Å²) in [4.78, 5) is 4.24. The first-order valence-corrected chi connectivity index (χ1v) is 7.55. The van der Waals surface area contributed by atoms with Crippen LogP contribution in [0.2, 0.25) is 5.02 Å². The Kier molecular flexibility index (Phi) is 4.56. The summed E-state index contributed by atoms with van der Waals surface area (Å²) in [5.41, 5.74) is 2.29. The van der Waals surface area contributed by atoms with E-state index in [1.165, 1.54) is 5.56 Å². The summed E-state index contributed by atoms with van der Waals surface area (Å²) in [6.07, 6.45) is 1.73. The standard InChI is InChI=1S/C18H17ClN2O/c1-13-11-20-17(22-13)12-21-18(14-6-3-2-4-7-14)15-8-5-9-16(19)10-15/h2-11,18,21H,12H2,1H3/t18-/m0/s1. The Balaban J connectivity index is 1.86. The molecule has 112 valence electrons. The van der Waals surface area contributed by atoms with E-state index in [9.17, 15) is 0 Å². The van der Waals surface area contributed by atoms with Crippen LogP contribution in [-0.4, -0.2) is 4.98 Å². The number of oxazole rings is 1. The fourth-order valence-corrected chi connectivity index (χ4v) is 2.63. The summed E-state index contributed by atoms with van der Waals surface area (Å²) < 4.78 is 5.53. The lowest BCUT2D eigenvalue weighted by atomic mass is 9.99. The lowest BCUT2D eigenvalue weighted by molar-refractivity contribution is 0.438. The SMILES string of the molecule is Cc1cnc(CN[C@@H](c2ccccc2)c2cccc(Cl)c2)o1. The van der Waals surface area contributed by atoms with Gasteiger partial charge in [-0.3, -0.25) is 5.32 Å². The molecule has 0 aliphatic heterocycles. The molecule has 1 atom stereocenters. The Morgan fingerprint density at radius 1 is 1.09 bits per heavy atom. The Labute approximate surface area is 135 Å². The van der Waals surface area contributed by atoms with E-state index in [1.54, 1.807) is 6.20 Å². The molecule has 3 rings (SSSR count). The number of halogens is 1. The highest BCUT2D eigenvalue weighted by Crippen LogP contribution is 2.24. The highest BCUT2D eigenvalue weighted by atomic mass is 35.5. The number of hydrogen-bond acceptors (Lipinski definition) is 3. The molecule has 0 spiro atoms. The van der Waals surface area contributed by atoms with Crippen molar-refractivity contribution in [2.75, 3.05) is 0 Å². The lowest BCUT2D eigenvalue weighted by Crippen LogP contribution is -2.22. The van der Waals surface area contributed by atoms with Crippen LogP contribution in [0.5, 0.6) is 0 Å². The summed E-state index contributed by atoms with van der Waals surface area (Å²) >= 11 is 6.14.